The highest BCUT2D eigenvalue weighted by molar-refractivity contribution is 6.00. The molecule has 0 unspecified atom stereocenters. The second kappa shape index (κ2) is 12.0. The van der Waals surface area contributed by atoms with E-state index in [0.717, 1.165) is 38.5 Å². The van der Waals surface area contributed by atoms with Crippen molar-refractivity contribution in [2.75, 3.05) is 67.3 Å². The molecule has 4 rings (SSSR count). The molecule has 0 aliphatic carbocycles. The molecule has 2 heterocycles. The van der Waals surface area contributed by atoms with Crippen molar-refractivity contribution in [1.82, 2.24) is 14.9 Å². The third-order valence-corrected chi connectivity index (χ3v) is 5.85. The summed E-state index contributed by atoms with van der Waals surface area (Å²) in [5.41, 5.74) is -0.522. The minimum absolute atomic E-state index is 0.361. The first kappa shape index (κ1) is 27.1. The Morgan fingerprint density at radius 1 is 1.08 bits per heavy atom. The Hall–Kier alpha value is -3.97. The Morgan fingerprint density at radius 2 is 1.82 bits per heavy atom. The number of alkyl halides is 3. The van der Waals surface area contributed by atoms with E-state index < -0.39 is 29.3 Å². The lowest BCUT2D eigenvalue weighted by atomic mass is 10.2. The van der Waals surface area contributed by atoms with E-state index in [2.05, 4.69) is 30.8 Å². The molecule has 2 amide bonds. The SMILES string of the molecule is CN(c1ccc(NC(=O)Nc2cc(C(F)(F)F)ccc2F)cc1)c1ccnc(NCCN2CCOCC2)n1. The van der Waals surface area contributed by atoms with Crippen molar-refractivity contribution in [2.45, 2.75) is 6.18 Å². The number of anilines is 5. The number of hydrogen-bond acceptors (Lipinski definition) is 7. The molecule has 2 aromatic carbocycles. The number of aromatic nitrogens is 2. The first-order valence-corrected chi connectivity index (χ1v) is 11.8. The molecule has 1 aromatic heterocycles. The second-order valence-corrected chi connectivity index (χ2v) is 8.50. The van der Waals surface area contributed by atoms with Gasteiger partial charge in [0.25, 0.3) is 0 Å². The normalized spacial score (nSPS) is 14.1. The van der Waals surface area contributed by atoms with Crippen LogP contribution in [-0.4, -0.2) is 67.3 Å². The molecule has 13 heteroatoms. The Labute approximate surface area is 216 Å². The van der Waals surface area contributed by atoms with Crippen LogP contribution in [0.15, 0.2) is 54.7 Å². The molecule has 9 nitrogen and oxygen atoms in total. The molecule has 38 heavy (non-hydrogen) atoms. The number of hydrogen-bond donors (Lipinski definition) is 3. The zero-order valence-electron chi connectivity index (χ0n) is 20.6. The van der Waals surface area contributed by atoms with Crippen LogP contribution in [0.25, 0.3) is 0 Å². The number of carbonyl (C=O) groups excluding carboxylic acids is 1. The van der Waals surface area contributed by atoms with Crippen molar-refractivity contribution in [3.63, 3.8) is 0 Å². The van der Waals surface area contributed by atoms with Crippen molar-refractivity contribution in [3.8, 4) is 0 Å². The predicted octanol–water partition coefficient (Wildman–Crippen LogP) is 4.79. The maximum atomic E-state index is 13.9. The summed E-state index contributed by atoms with van der Waals surface area (Å²) >= 11 is 0. The van der Waals surface area contributed by atoms with E-state index in [4.69, 9.17) is 4.74 Å². The third kappa shape index (κ3) is 7.29. The van der Waals surface area contributed by atoms with Gasteiger partial charge in [-0.3, -0.25) is 4.90 Å². The van der Waals surface area contributed by atoms with Crippen LogP contribution in [0.1, 0.15) is 5.56 Å². The number of morpholine rings is 1. The number of urea groups is 1. The number of rotatable bonds is 8. The summed E-state index contributed by atoms with van der Waals surface area (Å²) in [5.74, 6) is 0.164. The monoisotopic (exact) mass is 533 g/mol. The van der Waals surface area contributed by atoms with E-state index in [1.807, 2.05) is 11.9 Å². The predicted molar refractivity (Wildman–Crippen MR) is 136 cm³/mol. The van der Waals surface area contributed by atoms with Crippen molar-refractivity contribution in [1.29, 1.82) is 0 Å². The van der Waals surface area contributed by atoms with Gasteiger partial charge in [-0.25, -0.2) is 14.2 Å². The first-order chi connectivity index (χ1) is 18.2. The molecule has 0 bridgehead atoms. The fraction of sp³-hybridized carbons (Fsp3) is 0.320. The van der Waals surface area contributed by atoms with Gasteiger partial charge in [-0.15, -0.1) is 0 Å². The average molecular weight is 534 g/mol. The molecule has 1 saturated heterocycles. The van der Waals surface area contributed by atoms with Crippen LogP contribution >= 0.6 is 0 Å². The Morgan fingerprint density at radius 3 is 2.53 bits per heavy atom. The molecule has 1 fully saturated rings. The third-order valence-electron chi connectivity index (χ3n) is 5.85. The Balaban J connectivity index is 1.33. The van der Waals surface area contributed by atoms with E-state index in [0.29, 0.717) is 42.2 Å². The van der Waals surface area contributed by atoms with E-state index >= 15 is 0 Å². The number of amides is 2. The van der Waals surface area contributed by atoms with Gasteiger partial charge in [-0.05, 0) is 48.5 Å². The molecule has 3 N–H and O–H groups in total. The maximum Gasteiger partial charge on any atom is 0.416 e. The first-order valence-electron chi connectivity index (χ1n) is 11.8. The number of halogens is 4. The van der Waals surface area contributed by atoms with Crippen LogP contribution in [0.4, 0.5) is 51.2 Å². The highest BCUT2D eigenvalue weighted by Crippen LogP contribution is 2.32. The smallest absolute Gasteiger partial charge is 0.379 e. The minimum atomic E-state index is -4.66. The fourth-order valence-corrected chi connectivity index (χ4v) is 3.75. The van der Waals surface area contributed by atoms with Crippen molar-refractivity contribution in [2.24, 2.45) is 0 Å². The van der Waals surface area contributed by atoms with Crippen LogP contribution in [0.3, 0.4) is 0 Å². The number of nitrogens with one attached hydrogen (secondary N) is 3. The molecule has 3 aromatic rings. The van der Waals surface area contributed by atoms with Gasteiger partial charge in [0.1, 0.15) is 11.6 Å². The summed E-state index contributed by atoms with van der Waals surface area (Å²) in [6.07, 6.45) is -3.01. The molecule has 0 atom stereocenters. The summed E-state index contributed by atoms with van der Waals surface area (Å²) in [6, 6.07) is 9.36. The zero-order valence-corrected chi connectivity index (χ0v) is 20.6. The fourth-order valence-electron chi connectivity index (χ4n) is 3.75. The van der Waals surface area contributed by atoms with Gasteiger partial charge in [0, 0.05) is 50.8 Å². The molecule has 1 aliphatic heterocycles. The number of nitrogens with zero attached hydrogens (tertiary/aromatic N) is 4. The second-order valence-electron chi connectivity index (χ2n) is 8.50. The van der Waals surface area contributed by atoms with Gasteiger partial charge in [-0.1, -0.05) is 0 Å². The molecular formula is C25H27F4N7O2. The van der Waals surface area contributed by atoms with E-state index in [1.165, 1.54) is 0 Å². The van der Waals surface area contributed by atoms with Crippen LogP contribution in [0.5, 0.6) is 0 Å². The summed E-state index contributed by atoms with van der Waals surface area (Å²) < 4.78 is 57.9. The van der Waals surface area contributed by atoms with Gasteiger partial charge in [0.05, 0.1) is 24.5 Å². The standard InChI is InChI=1S/C25H27F4N7O2/c1-35(22-8-9-30-23(34-22)31-10-11-36-12-14-38-15-13-36)19-5-3-18(4-6-19)32-24(37)33-21-16-17(25(27,28)29)2-7-20(21)26/h2-9,16H,10-15H2,1H3,(H,30,31,34)(H2,32,33,37). The topological polar surface area (TPSA) is 94.7 Å². The molecule has 202 valence electrons. The summed E-state index contributed by atoms with van der Waals surface area (Å²) in [7, 11) is 1.82. The van der Waals surface area contributed by atoms with Gasteiger partial charge < -0.3 is 25.6 Å². The van der Waals surface area contributed by atoms with Gasteiger partial charge in [0.15, 0.2) is 0 Å². The van der Waals surface area contributed by atoms with Gasteiger partial charge in [-0.2, -0.15) is 18.2 Å². The van der Waals surface area contributed by atoms with Crippen molar-refractivity contribution in [3.05, 3.63) is 66.1 Å². The number of benzene rings is 2. The summed E-state index contributed by atoms with van der Waals surface area (Å²) in [6.45, 7) is 4.84. The number of ether oxygens (including phenoxy) is 1. The van der Waals surface area contributed by atoms with Crippen LogP contribution in [-0.2, 0) is 10.9 Å². The highest BCUT2D eigenvalue weighted by Gasteiger charge is 2.31. The highest BCUT2D eigenvalue weighted by atomic mass is 19.4. The van der Waals surface area contributed by atoms with Crippen molar-refractivity contribution < 1.29 is 27.1 Å². The molecule has 0 saturated carbocycles. The number of carbonyl (C=O) groups is 1. The quantitative estimate of drug-likeness (QED) is 0.359. The summed E-state index contributed by atoms with van der Waals surface area (Å²) in [5, 5.41) is 7.82. The van der Waals surface area contributed by atoms with Crippen LogP contribution < -0.4 is 20.9 Å². The lowest BCUT2D eigenvalue weighted by Crippen LogP contribution is -2.39. The van der Waals surface area contributed by atoms with Gasteiger partial charge in [0.2, 0.25) is 5.95 Å². The Kier molecular flexibility index (Phi) is 8.59. The lowest BCUT2D eigenvalue weighted by Gasteiger charge is -2.26. The van der Waals surface area contributed by atoms with Crippen LogP contribution in [0.2, 0.25) is 0 Å². The van der Waals surface area contributed by atoms with E-state index in [9.17, 15) is 22.4 Å². The molecular weight excluding hydrogens is 506 g/mol. The zero-order chi connectivity index (χ0) is 27.1. The van der Waals surface area contributed by atoms with Crippen molar-refractivity contribution >= 4 is 34.9 Å². The molecule has 0 spiro atoms. The lowest BCUT2D eigenvalue weighted by molar-refractivity contribution is -0.137. The molecule has 1 aliphatic rings. The average Bonchev–Trinajstić information content (AvgIpc) is 2.90. The minimum Gasteiger partial charge on any atom is -0.379 e. The summed E-state index contributed by atoms with van der Waals surface area (Å²) in [4.78, 5) is 25.2. The van der Waals surface area contributed by atoms with E-state index in [1.54, 1.807) is 36.5 Å². The Bertz CT molecular complexity index is 1240. The largest absolute Gasteiger partial charge is 0.416 e. The van der Waals surface area contributed by atoms with Gasteiger partial charge >= 0.3 is 12.2 Å². The molecule has 0 radical (unpaired) electrons. The van der Waals surface area contributed by atoms with Crippen LogP contribution in [0, 0.1) is 5.82 Å². The maximum absolute atomic E-state index is 13.9. The van der Waals surface area contributed by atoms with E-state index in [-0.39, 0.29) is 0 Å².